The minimum Gasteiger partial charge on any atom is -0.346 e. The lowest BCUT2D eigenvalue weighted by atomic mass is 10.1. The van der Waals surface area contributed by atoms with Crippen LogP contribution >= 0.6 is 0 Å². The Bertz CT molecular complexity index is 1090. The van der Waals surface area contributed by atoms with E-state index >= 15 is 0 Å². The Morgan fingerprint density at radius 1 is 1.17 bits per heavy atom. The van der Waals surface area contributed by atoms with Gasteiger partial charge >= 0.3 is 6.18 Å². The van der Waals surface area contributed by atoms with Crippen LogP contribution in [-0.2, 0) is 19.3 Å². The van der Waals surface area contributed by atoms with Crippen molar-refractivity contribution in [2.75, 3.05) is 0 Å². The zero-order valence-electron chi connectivity index (χ0n) is 15.8. The molecule has 3 aromatic rings. The first-order valence-corrected chi connectivity index (χ1v) is 8.96. The van der Waals surface area contributed by atoms with Crippen LogP contribution in [0.5, 0.6) is 0 Å². The Balaban J connectivity index is 1.85. The van der Waals surface area contributed by atoms with E-state index in [-0.39, 0.29) is 18.2 Å². The number of aromatic nitrogens is 3. The van der Waals surface area contributed by atoms with Crippen LogP contribution in [0.3, 0.4) is 0 Å². The number of amides is 1. The van der Waals surface area contributed by atoms with Crippen LogP contribution in [0.25, 0.3) is 11.2 Å². The molecule has 0 unspecified atom stereocenters. The summed E-state index contributed by atoms with van der Waals surface area (Å²) in [6, 6.07) is 7.75. The molecule has 0 bridgehead atoms. The fourth-order valence-electron chi connectivity index (χ4n) is 2.84. The monoisotopic (exact) mass is 404 g/mol. The van der Waals surface area contributed by atoms with Crippen molar-refractivity contribution in [3.8, 4) is 0 Å². The number of benzene rings is 1. The standard InChI is InChI=1S/C20H19F3N4O2/c1-12(2)11-27-17-15(4-3-9-24-17)26-16(19(27)29)18(28)25-10-13-5-7-14(8-6-13)20(21,22)23/h3-9,12H,10-11H2,1-2H3,(H,25,28). The number of alkyl halides is 3. The number of halogens is 3. The molecule has 1 aromatic carbocycles. The van der Waals surface area contributed by atoms with Crippen molar-refractivity contribution >= 4 is 17.1 Å². The van der Waals surface area contributed by atoms with E-state index in [2.05, 4.69) is 15.3 Å². The predicted octanol–water partition coefficient (Wildman–Crippen LogP) is 3.40. The van der Waals surface area contributed by atoms with Crippen molar-refractivity contribution in [1.82, 2.24) is 19.9 Å². The summed E-state index contributed by atoms with van der Waals surface area (Å²) in [7, 11) is 0. The minimum atomic E-state index is -4.42. The van der Waals surface area contributed by atoms with Gasteiger partial charge < -0.3 is 5.32 Å². The maximum Gasteiger partial charge on any atom is 0.416 e. The number of hydrogen-bond acceptors (Lipinski definition) is 4. The molecule has 1 N–H and O–H groups in total. The Hall–Kier alpha value is -3.23. The molecular weight excluding hydrogens is 385 g/mol. The SMILES string of the molecule is CC(C)Cn1c(=O)c(C(=O)NCc2ccc(C(F)(F)F)cc2)nc2cccnc21. The Kier molecular flexibility index (Phi) is 5.67. The van der Waals surface area contributed by atoms with Crippen LogP contribution in [0.4, 0.5) is 13.2 Å². The Labute approximate surface area is 164 Å². The molecule has 3 rings (SSSR count). The van der Waals surface area contributed by atoms with Crippen LogP contribution in [0.1, 0.15) is 35.5 Å². The van der Waals surface area contributed by atoms with E-state index in [1.807, 2.05) is 13.8 Å². The molecule has 0 saturated carbocycles. The first kappa shape index (κ1) is 20.5. The van der Waals surface area contributed by atoms with Crippen LogP contribution in [0, 0.1) is 5.92 Å². The smallest absolute Gasteiger partial charge is 0.346 e. The number of fused-ring (bicyclic) bond motifs is 1. The topological polar surface area (TPSA) is 76.9 Å². The molecule has 0 atom stereocenters. The van der Waals surface area contributed by atoms with Crippen LogP contribution in [-0.4, -0.2) is 20.4 Å². The Morgan fingerprint density at radius 2 is 1.86 bits per heavy atom. The highest BCUT2D eigenvalue weighted by Crippen LogP contribution is 2.29. The summed E-state index contributed by atoms with van der Waals surface area (Å²) in [4.78, 5) is 33.7. The van der Waals surface area contributed by atoms with Gasteiger partial charge in [-0.3, -0.25) is 14.2 Å². The molecule has 0 aliphatic heterocycles. The van der Waals surface area contributed by atoms with Gasteiger partial charge in [-0.25, -0.2) is 9.97 Å². The molecule has 29 heavy (non-hydrogen) atoms. The van der Waals surface area contributed by atoms with Gasteiger partial charge in [0.05, 0.1) is 5.56 Å². The van der Waals surface area contributed by atoms with Gasteiger partial charge in [-0.1, -0.05) is 26.0 Å². The maximum atomic E-state index is 12.8. The quantitative estimate of drug-likeness (QED) is 0.707. The van der Waals surface area contributed by atoms with Crippen molar-refractivity contribution in [3.05, 3.63) is 69.8 Å². The van der Waals surface area contributed by atoms with Crippen molar-refractivity contribution in [2.45, 2.75) is 33.1 Å². The van der Waals surface area contributed by atoms with Crippen molar-refractivity contribution in [2.24, 2.45) is 5.92 Å². The molecule has 0 aliphatic rings. The van der Waals surface area contributed by atoms with Crippen LogP contribution in [0.2, 0.25) is 0 Å². The Morgan fingerprint density at radius 3 is 2.48 bits per heavy atom. The van der Waals surface area contributed by atoms with Gasteiger partial charge in [0.1, 0.15) is 5.52 Å². The second-order valence-electron chi connectivity index (χ2n) is 6.99. The maximum absolute atomic E-state index is 12.8. The summed E-state index contributed by atoms with van der Waals surface area (Å²) in [6.07, 6.45) is -2.88. The molecular formula is C20H19F3N4O2. The number of carbonyl (C=O) groups is 1. The predicted molar refractivity (Wildman–Crippen MR) is 101 cm³/mol. The average molecular weight is 404 g/mol. The van der Waals surface area contributed by atoms with E-state index < -0.39 is 23.2 Å². The number of pyridine rings is 1. The molecule has 1 amide bonds. The number of hydrogen-bond donors (Lipinski definition) is 1. The van der Waals surface area contributed by atoms with E-state index in [9.17, 15) is 22.8 Å². The lowest BCUT2D eigenvalue weighted by Gasteiger charge is -2.13. The first-order chi connectivity index (χ1) is 13.7. The summed E-state index contributed by atoms with van der Waals surface area (Å²) in [5, 5.41) is 2.54. The molecule has 6 nitrogen and oxygen atoms in total. The average Bonchev–Trinajstić information content (AvgIpc) is 2.67. The van der Waals surface area contributed by atoms with Crippen molar-refractivity contribution < 1.29 is 18.0 Å². The highest BCUT2D eigenvalue weighted by molar-refractivity contribution is 5.93. The summed E-state index contributed by atoms with van der Waals surface area (Å²) in [5.41, 5.74) is -0.338. The fourth-order valence-corrected chi connectivity index (χ4v) is 2.84. The van der Waals surface area contributed by atoms with Gasteiger partial charge in [-0.05, 0) is 35.7 Å². The van der Waals surface area contributed by atoms with E-state index in [0.29, 0.717) is 23.3 Å². The van der Waals surface area contributed by atoms with E-state index in [0.717, 1.165) is 12.1 Å². The van der Waals surface area contributed by atoms with Gasteiger partial charge in [-0.2, -0.15) is 13.2 Å². The highest BCUT2D eigenvalue weighted by Gasteiger charge is 2.30. The fraction of sp³-hybridized carbons (Fsp3) is 0.300. The van der Waals surface area contributed by atoms with Gasteiger partial charge in [0.25, 0.3) is 11.5 Å². The molecule has 152 valence electrons. The molecule has 2 heterocycles. The van der Waals surface area contributed by atoms with Gasteiger partial charge in [0, 0.05) is 19.3 Å². The minimum absolute atomic E-state index is 0.0344. The largest absolute Gasteiger partial charge is 0.416 e. The second kappa shape index (κ2) is 8.02. The molecule has 0 fully saturated rings. The number of carbonyl (C=O) groups excluding carboxylic acids is 1. The number of nitrogens with zero attached hydrogens (tertiary/aromatic N) is 3. The molecule has 0 aliphatic carbocycles. The molecule has 9 heteroatoms. The zero-order valence-corrected chi connectivity index (χ0v) is 15.8. The third-order valence-corrected chi connectivity index (χ3v) is 4.20. The summed E-state index contributed by atoms with van der Waals surface area (Å²) < 4.78 is 39.3. The summed E-state index contributed by atoms with van der Waals surface area (Å²) in [6.45, 7) is 4.21. The zero-order chi connectivity index (χ0) is 21.2. The first-order valence-electron chi connectivity index (χ1n) is 8.96. The highest BCUT2D eigenvalue weighted by atomic mass is 19.4. The molecule has 0 radical (unpaired) electrons. The second-order valence-corrected chi connectivity index (χ2v) is 6.99. The third kappa shape index (κ3) is 4.61. The lowest BCUT2D eigenvalue weighted by molar-refractivity contribution is -0.137. The van der Waals surface area contributed by atoms with Crippen molar-refractivity contribution in [1.29, 1.82) is 0 Å². The van der Waals surface area contributed by atoms with E-state index in [1.165, 1.54) is 16.7 Å². The van der Waals surface area contributed by atoms with Crippen molar-refractivity contribution in [3.63, 3.8) is 0 Å². The van der Waals surface area contributed by atoms with Crippen LogP contribution in [0.15, 0.2) is 47.4 Å². The van der Waals surface area contributed by atoms with E-state index in [1.54, 1.807) is 18.3 Å². The number of nitrogens with one attached hydrogen (secondary N) is 1. The van der Waals surface area contributed by atoms with Crippen LogP contribution < -0.4 is 10.9 Å². The summed E-state index contributed by atoms with van der Waals surface area (Å²) in [5.74, 6) is -0.554. The van der Waals surface area contributed by atoms with Gasteiger partial charge in [0.15, 0.2) is 11.3 Å². The molecule has 2 aromatic heterocycles. The molecule has 0 saturated heterocycles. The van der Waals surface area contributed by atoms with E-state index in [4.69, 9.17) is 0 Å². The number of rotatable bonds is 5. The summed E-state index contributed by atoms with van der Waals surface area (Å²) >= 11 is 0. The normalized spacial score (nSPS) is 11.8. The lowest BCUT2D eigenvalue weighted by Crippen LogP contribution is -2.35. The van der Waals surface area contributed by atoms with Gasteiger partial charge in [0.2, 0.25) is 0 Å². The third-order valence-electron chi connectivity index (χ3n) is 4.20. The molecule has 0 spiro atoms. The van der Waals surface area contributed by atoms with Gasteiger partial charge in [-0.15, -0.1) is 0 Å².